The molecule has 0 bridgehead atoms. The van der Waals surface area contributed by atoms with Crippen molar-refractivity contribution in [1.29, 1.82) is 0 Å². The van der Waals surface area contributed by atoms with E-state index in [-0.39, 0.29) is 83.0 Å². The first-order valence-corrected chi connectivity index (χ1v) is 32.9. The molecule has 10 atom stereocenters. The molecule has 0 spiro atoms. The molecule has 0 radical (unpaired) electrons. The van der Waals surface area contributed by atoms with E-state index in [1.54, 1.807) is 54.6 Å². The molecular formula is C64H101N19O13. The highest BCUT2D eigenvalue weighted by atomic mass is 16.2. The highest BCUT2D eigenvalue weighted by molar-refractivity contribution is 5.99. The van der Waals surface area contributed by atoms with Crippen LogP contribution in [-0.2, 0) is 75.2 Å². The number of unbranched alkanes of at least 4 members (excludes halogenated alkanes) is 2. The van der Waals surface area contributed by atoms with Gasteiger partial charge in [0.15, 0.2) is 5.96 Å². The summed E-state index contributed by atoms with van der Waals surface area (Å²) in [6.45, 7) is 5.75. The zero-order valence-corrected chi connectivity index (χ0v) is 55.3. The Kier molecular flexibility index (Phi) is 33.5. The zero-order chi connectivity index (χ0) is 71.0. The number of aliphatic imine (C=N–C) groups is 1. The lowest BCUT2D eigenvalue weighted by molar-refractivity contribution is -0.144. The van der Waals surface area contributed by atoms with E-state index in [9.17, 15) is 62.3 Å². The summed E-state index contributed by atoms with van der Waals surface area (Å²) in [5.74, 6) is -10.4. The minimum Gasteiger partial charge on any atom is -0.399 e. The van der Waals surface area contributed by atoms with E-state index in [1.165, 1.54) is 9.80 Å². The Morgan fingerprint density at radius 3 is 1.55 bits per heavy atom. The molecule has 32 heteroatoms. The first-order valence-electron chi connectivity index (χ1n) is 32.9. The summed E-state index contributed by atoms with van der Waals surface area (Å²) in [5.41, 5.74) is 46.9. The van der Waals surface area contributed by atoms with Crippen LogP contribution in [0.1, 0.15) is 141 Å². The molecule has 13 amide bonds. The van der Waals surface area contributed by atoms with Crippen molar-refractivity contribution in [2.24, 2.45) is 51.0 Å². The standard InChI is InChI=1S/C64H101N19O13/c1-4-5-17-42(54(70)87)76-58(91)46(33-37(2)3)75-53(86)36-74-55(88)47(34-38-14-7-6-8-15-38)80-59(92)48(35-39-21-23-40(66)24-22-39)81-57(90)43(25-27-51(68)84)77-56(89)44(26-28-52(69)85)78-60(93)50-20-13-32-83(50)63(96)45(18-9-10-29-65)79-61(94)49-19-12-31-82(49)62(95)41(67)16-11-30-73-64(71)72/h6-8,14-15,21-24,37,41-50H,4-5,9-13,16-20,25-36,65-67H2,1-3H3,(H2,68,84)(H2,69,85)(H2,70,87)(H,74,88)(H,75,86)(H,76,91)(H,77,89)(H,78,93)(H,79,94)(H,80,92)(H,81,90)(H4,71,72,73)/t41-,42-,43-,44-,45-,46-,47-,48-,49-,50-/m0/s1. The summed E-state index contributed by atoms with van der Waals surface area (Å²) in [4.78, 5) is 185. The molecule has 2 heterocycles. The van der Waals surface area contributed by atoms with Crippen LogP contribution in [0.3, 0.4) is 0 Å². The summed E-state index contributed by atoms with van der Waals surface area (Å²) in [6, 6.07) is 2.19. The Bertz CT molecular complexity index is 3010. The van der Waals surface area contributed by atoms with Gasteiger partial charge in [-0.25, -0.2) is 0 Å². The number of amides is 13. The van der Waals surface area contributed by atoms with Crippen LogP contribution >= 0.6 is 0 Å². The third-order valence-electron chi connectivity index (χ3n) is 16.4. The van der Waals surface area contributed by atoms with Gasteiger partial charge in [0.1, 0.15) is 54.4 Å². The summed E-state index contributed by atoms with van der Waals surface area (Å²) < 4.78 is 0. The highest BCUT2D eigenvalue weighted by Crippen LogP contribution is 2.24. The minimum atomic E-state index is -1.67. The van der Waals surface area contributed by atoms with Crippen LogP contribution < -0.4 is 88.4 Å². The molecule has 2 fully saturated rings. The fourth-order valence-corrected chi connectivity index (χ4v) is 11.2. The third kappa shape index (κ3) is 27.1. The maximum atomic E-state index is 14.7. The molecule has 2 aromatic carbocycles. The first kappa shape index (κ1) is 79.0. The second-order valence-corrected chi connectivity index (χ2v) is 24.7. The van der Waals surface area contributed by atoms with Gasteiger partial charge in [-0.3, -0.25) is 67.3 Å². The van der Waals surface area contributed by atoms with Gasteiger partial charge in [0.05, 0.1) is 12.6 Å². The number of guanidine groups is 1. The molecule has 2 aliphatic rings. The van der Waals surface area contributed by atoms with E-state index in [4.69, 9.17) is 45.9 Å². The summed E-state index contributed by atoms with van der Waals surface area (Å²) in [6.07, 6.45) is 2.50. The average molecular weight is 1340 g/mol. The quantitative estimate of drug-likeness (QED) is 0.0132. The smallest absolute Gasteiger partial charge is 0.245 e. The lowest BCUT2D eigenvalue weighted by Gasteiger charge is -2.32. The number of carbonyl (C=O) groups excluding carboxylic acids is 13. The van der Waals surface area contributed by atoms with Crippen molar-refractivity contribution in [2.75, 3.05) is 38.5 Å². The predicted octanol–water partition coefficient (Wildman–Crippen LogP) is -3.69. The molecule has 0 unspecified atom stereocenters. The third-order valence-corrected chi connectivity index (χ3v) is 16.4. The van der Waals surface area contributed by atoms with Gasteiger partial charge in [0, 0.05) is 51.0 Å². The van der Waals surface area contributed by atoms with Gasteiger partial charge in [-0.05, 0) is 119 Å². The number of likely N-dealkylation sites (tertiary alicyclic amines) is 2. The van der Waals surface area contributed by atoms with Gasteiger partial charge < -0.3 is 98.2 Å². The SMILES string of the molecule is CCCC[C@H](NC(=O)[C@H](CC(C)C)NC(=O)CNC(=O)[C@H](Cc1ccccc1)NC(=O)[C@H](Cc1ccc(N)cc1)NC(=O)[C@H](CCC(N)=O)NC(=O)[C@H](CCC(N)=O)NC(=O)[C@@H]1CCCN1C(=O)[C@H](CCCCN)NC(=O)[C@@H]1CCCN1C(=O)[C@@H](N)CCCN=C(N)N)C(N)=O. The molecule has 96 heavy (non-hydrogen) atoms. The topological polar surface area (TPSA) is 545 Å². The van der Waals surface area contributed by atoms with E-state index in [0.29, 0.717) is 61.8 Å². The van der Waals surface area contributed by atoms with Crippen LogP contribution in [-0.4, -0.2) is 186 Å². The van der Waals surface area contributed by atoms with Gasteiger partial charge in [-0.1, -0.05) is 76.1 Å². The van der Waals surface area contributed by atoms with Gasteiger partial charge >= 0.3 is 0 Å². The van der Waals surface area contributed by atoms with E-state index < -0.39 is 169 Å². The number of hydrogen-bond donors (Lipinski definition) is 16. The summed E-state index contributed by atoms with van der Waals surface area (Å²) in [7, 11) is 0. The van der Waals surface area contributed by atoms with Crippen molar-refractivity contribution < 1.29 is 62.3 Å². The molecule has 24 N–H and O–H groups in total. The Balaban J connectivity index is 1.58. The number of primary amides is 3. The summed E-state index contributed by atoms with van der Waals surface area (Å²) in [5, 5.41) is 21.1. The van der Waals surface area contributed by atoms with Crippen molar-refractivity contribution in [3.8, 4) is 0 Å². The lowest BCUT2D eigenvalue weighted by atomic mass is 10.0. The molecule has 32 nitrogen and oxygen atoms in total. The van der Waals surface area contributed by atoms with Crippen molar-refractivity contribution >= 4 is 88.4 Å². The largest absolute Gasteiger partial charge is 0.399 e. The zero-order valence-electron chi connectivity index (χ0n) is 55.3. The van der Waals surface area contributed by atoms with E-state index in [2.05, 4.69) is 47.5 Å². The molecule has 0 aliphatic carbocycles. The second kappa shape index (κ2) is 40.7. The molecular weight excluding hydrogens is 1240 g/mol. The number of carbonyl (C=O) groups is 13. The van der Waals surface area contributed by atoms with Crippen LogP contribution in [0.15, 0.2) is 59.6 Å². The van der Waals surface area contributed by atoms with E-state index >= 15 is 0 Å². The molecule has 2 aromatic rings. The van der Waals surface area contributed by atoms with Crippen molar-refractivity contribution in [1.82, 2.24) is 52.3 Å². The van der Waals surface area contributed by atoms with Gasteiger partial charge in [-0.15, -0.1) is 0 Å². The summed E-state index contributed by atoms with van der Waals surface area (Å²) >= 11 is 0. The monoisotopic (exact) mass is 1340 g/mol. The number of anilines is 1. The number of rotatable bonds is 42. The van der Waals surface area contributed by atoms with E-state index in [0.717, 1.165) is 6.42 Å². The number of benzene rings is 2. The van der Waals surface area contributed by atoms with Crippen LogP contribution in [0.25, 0.3) is 0 Å². The normalized spacial score (nSPS) is 16.8. The van der Waals surface area contributed by atoms with Crippen LogP contribution in [0, 0.1) is 5.92 Å². The first-order chi connectivity index (χ1) is 45.6. The van der Waals surface area contributed by atoms with E-state index in [1.807, 2.05) is 20.8 Å². The number of hydrogen-bond acceptors (Lipinski definition) is 17. The molecule has 0 saturated carbocycles. The Morgan fingerprint density at radius 2 is 1.02 bits per heavy atom. The van der Waals surface area contributed by atoms with Crippen LogP contribution in [0.2, 0.25) is 0 Å². The number of nitrogen functional groups attached to an aromatic ring is 1. The Hall–Kier alpha value is -9.46. The Labute approximate surface area is 559 Å². The highest BCUT2D eigenvalue weighted by Gasteiger charge is 2.42. The maximum Gasteiger partial charge on any atom is 0.245 e. The number of nitrogens with one attached hydrogen (secondary N) is 8. The predicted molar refractivity (Wildman–Crippen MR) is 357 cm³/mol. The molecule has 2 saturated heterocycles. The van der Waals surface area contributed by atoms with Gasteiger partial charge in [0.2, 0.25) is 76.8 Å². The van der Waals surface area contributed by atoms with Crippen LogP contribution in [0.5, 0.6) is 0 Å². The fraction of sp³-hybridized carbons (Fsp3) is 0.594. The maximum absolute atomic E-state index is 14.7. The molecule has 4 rings (SSSR count). The number of nitrogens with zero attached hydrogens (tertiary/aromatic N) is 3. The van der Waals surface area contributed by atoms with Crippen molar-refractivity contribution in [2.45, 2.75) is 203 Å². The van der Waals surface area contributed by atoms with Crippen molar-refractivity contribution in [3.63, 3.8) is 0 Å². The molecule has 2 aliphatic heterocycles. The second-order valence-electron chi connectivity index (χ2n) is 24.7. The lowest BCUT2D eigenvalue weighted by Crippen LogP contribution is -2.60. The van der Waals surface area contributed by atoms with Gasteiger partial charge in [-0.2, -0.15) is 0 Å². The average Bonchev–Trinajstić information content (AvgIpc) is 1.68. The number of nitrogens with two attached hydrogens (primary N) is 8. The van der Waals surface area contributed by atoms with Crippen LogP contribution in [0.4, 0.5) is 5.69 Å². The Morgan fingerprint density at radius 1 is 0.531 bits per heavy atom. The minimum absolute atomic E-state index is 0.0675. The molecule has 0 aromatic heterocycles. The molecule has 530 valence electrons. The van der Waals surface area contributed by atoms with Gasteiger partial charge in [0.25, 0.3) is 0 Å². The fourth-order valence-electron chi connectivity index (χ4n) is 11.2. The van der Waals surface area contributed by atoms with Crippen molar-refractivity contribution in [3.05, 3.63) is 65.7 Å².